The van der Waals surface area contributed by atoms with Gasteiger partial charge in [0.25, 0.3) is 11.8 Å². The topological polar surface area (TPSA) is 112 Å². The van der Waals surface area contributed by atoms with Crippen LogP contribution in [0.25, 0.3) is 11.1 Å². The number of thiazole rings is 1. The number of hydrogen-bond acceptors (Lipinski definition) is 8. The number of anilines is 1. The first kappa shape index (κ1) is 34.4. The third kappa shape index (κ3) is 8.90. The van der Waals surface area contributed by atoms with Gasteiger partial charge in [0.1, 0.15) is 5.01 Å². The van der Waals surface area contributed by atoms with Gasteiger partial charge in [-0.05, 0) is 66.3 Å². The Morgan fingerprint density at radius 2 is 1.69 bits per heavy atom. The van der Waals surface area contributed by atoms with E-state index in [1.807, 2.05) is 72.9 Å². The maximum absolute atomic E-state index is 14.1. The van der Waals surface area contributed by atoms with Gasteiger partial charge in [-0.2, -0.15) is 0 Å². The van der Waals surface area contributed by atoms with Crippen LogP contribution in [0.5, 0.6) is 0 Å². The Bertz CT molecular complexity index is 1830. The van der Waals surface area contributed by atoms with E-state index in [1.165, 1.54) is 11.3 Å². The van der Waals surface area contributed by atoms with Crippen LogP contribution in [-0.4, -0.2) is 69.6 Å². The van der Waals surface area contributed by atoms with Crippen molar-refractivity contribution in [1.82, 2.24) is 25.2 Å². The zero-order chi connectivity index (χ0) is 34.2. The molecule has 248 valence electrons. The first-order chi connectivity index (χ1) is 23.1. The Hall–Kier alpha value is -4.93. The predicted molar refractivity (Wildman–Crippen MR) is 191 cm³/mol. The summed E-state index contributed by atoms with van der Waals surface area (Å²) in [7, 11) is 3.63. The molecule has 0 bridgehead atoms. The number of amides is 2. The molecule has 0 unspecified atom stereocenters. The van der Waals surface area contributed by atoms with Gasteiger partial charge >= 0.3 is 0 Å². The van der Waals surface area contributed by atoms with Gasteiger partial charge in [-0.25, -0.2) is 4.98 Å². The number of likely N-dealkylation sites (N-methyl/N-ethyl adjacent to an activating group) is 1. The van der Waals surface area contributed by atoms with E-state index in [0.717, 1.165) is 33.1 Å². The lowest BCUT2D eigenvalue weighted by atomic mass is 9.97. The van der Waals surface area contributed by atoms with Crippen molar-refractivity contribution in [2.45, 2.75) is 51.8 Å². The smallest absolute Gasteiger partial charge is 0.254 e. The van der Waals surface area contributed by atoms with Crippen LogP contribution in [0.1, 0.15) is 62.3 Å². The van der Waals surface area contributed by atoms with E-state index in [9.17, 15) is 14.7 Å². The summed E-state index contributed by atoms with van der Waals surface area (Å²) in [5.41, 5.74) is 6.03. The molecule has 10 heteroatoms. The minimum absolute atomic E-state index is 0.234. The fourth-order valence-electron chi connectivity index (χ4n) is 5.44. The van der Waals surface area contributed by atoms with Gasteiger partial charge in [0.05, 0.1) is 30.6 Å². The highest BCUT2D eigenvalue weighted by Gasteiger charge is 2.26. The fraction of sp³-hybridized carbons (Fsp3) is 0.289. The summed E-state index contributed by atoms with van der Waals surface area (Å²) in [6, 6.07) is 20.1. The predicted octanol–water partition coefficient (Wildman–Crippen LogP) is 6.14. The van der Waals surface area contributed by atoms with Crippen LogP contribution < -0.4 is 10.2 Å². The fourth-order valence-corrected chi connectivity index (χ4v) is 6.26. The van der Waals surface area contributed by atoms with E-state index >= 15 is 0 Å². The van der Waals surface area contributed by atoms with Gasteiger partial charge in [0.2, 0.25) is 0 Å². The molecular weight excluding hydrogens is 621 g/mol. The van der Waals surface area contributed by atoms with Crippen LogP contribution in [0, 0.1) is 6.92 Å². The lowest BCUT2D eigenvalue weighted by Crippen LogP contribution is -2.49. The average Bonchev–Trinajstić information content (AvgIpc) is 3.52. The van der Waals surface area contributed by atoms with Gasteiger partial charge in [-0.15, -0.1) is 11.3 Å². The molecule has 0 aliphatic rings. The van der Waals surface area contributed by atoms with E-state index in [1.54, 1.807) is 48.7 Å². The van der Waals surface area contributed by atoms with E-state index in [2.05, 4.69) is 40.2 Å². The highest BCUT2D eigenvalue weighted by Crippen LogP contribution is 2.24. The zero-order valence-corrected chi connectivity index (χ0v) is 28.8. The molecule has 2 atom stereocenters. The van der Waals surface area contributed by atoms with E-state index in [0.29, 0.717) is 35.6 Å². The van der Waals surface area contributed by atoms with E-state index in [-0.39, 0.29) is 18.4 Å². The number of nitrogens with zero attached hydrogens (tertiary/aromatic N) is 5. The second-order valence-corrected chi connectivity index (χ2v) is 13.4. The molecule has 3 heterocycles. The number of aromatic nitrogens is 3. The van der Waals surface area contributed by atoms with Gasteiger partial charge in [-0.3, -0.25) is 19.6 Å². The quantitative estimate of drug-likeness (QED) is 0.156. The first-order valence-electron chi connectivity index (χ1n) is 16.0. The van der Waals surface area contributed by atoms with Crippen LogP contribution in [0.2, 0.25) is 0 Å². The number of carbonyl (C=O) groups excluding carboxylic acids is 2. The van der Waals surface area contributed by atoms with Crippen molar-refractivity contribution >= 4 is 28.8 Å². The normalized spacial score (nSPS) is 12.4. The highest BCUT2D eigenvalue weighted by molar-refractivity contribution is 7.09. The molecule has 2 aromatic carbocycles. The third-order valence-electron chi connectivity index (χ3n) is 8.22. The lowest BCUT2D eigenvalue weighted by Gasteiger charge is -2.29. The summed E-state index contributed by atoms with van der Waals surface area (Å²) >= 11 is 1.51. The lowest BCUT2D eigenvalue weighted by molar-refractivity contribution is 0.0785. The molecule has 5 aromatic rings. The highest BCUT2D eigenvalue weighted by atomic mass is 32.1. The monoisotopic (exact) mass is 662 g/mol. The van der Waals surface area contributed by atoms with Crippen LogP contribution in [0.15, 0.2) is 96.9 Å². The maximum atomic E-state index is 14.1. The first-order valence-corrected chi connectivity index (χ1v) is 16.9. The Morgan fingerprint density at radius 1 is 0.917 bits per heavy atom. The second kappa shape index (κ2) is 15.8. The van der Waals surface area contributed by atoms with Crippen LogP contribution in [0.4, 0.5) is 5.69 Å². The number of carbonyl (C=O) groups is 2. The molecule has 9 nitrogen and oxygen atoms in total. The van der Waals surface area contributed by atoms with Crippen LogP contribution in [-0.2, 0) is 13.0 Å². The van der Waals surface area contributed by atoms with Crippen molar-refractivity contribution in [3.05, 3.63) is 130 Å². The summed E-state index contributed by atoms with van der Waals surface area (Å²) < 4.78 is 0. The molecule has 0 aliphatic heterocycles. The third-order valence-corrected chi connectivity index (χ3v) is 9.17. The molecule has 0 saturated heterocycles. The Morgan fingerprint density at radius 3 is 2.38 bits per heavy atom. The van der Waals surface area contributed by atoms with Gasteiger partial charge in [-0.1, -0.05) is 50.2 Å². The summed E-state index contributed by atoms with van der Waals surface area (Å²) in [5, 5.41) is 17.5. The standard InChI is InChI=1S/C38H42N6O3S/c1-25(2)32-18-33(21-40-20-32)43(4)22-35(45)34(14-27-10-7-6-8-11-27)42-37(46)30-15-29(28-12-9-13-39-19-28)16-31(17-30)38(47)44(5)23-36-41-26(3)24-48-36/h6-13,15-21,24-25,34-35,45H,14,22-23H2,1-5H3,(H,42,46)/t34-,35+/m0/s1. The average molecular weight is 663 g/mol. The van der Waals surface area contributed by atoms with Crippen molar-refractivity contribution in [2.75, 3.05) is 25.5 Å². The SMILES string of the molecule is Cc1csc(CN(C)C(=O)c2cc(C(=O)N[C@@H](Cc3ccccc3)[C@H](O)CN(C)c3cncc(C(C)C)c3)cc(-c3cccnc3)c2)n1. The molecule has 2 N–H and O–H groups in total. The summed E-state index contributed by atoms with van der Waals surface area (Å²) in [4.78, 5) is 44.5. The minimum atomic E-state index is -0.919. The van der Waals surface area contributed by atoms with Gasteiger partial charge in [0.15, 0.2) is 0 Å². The van der Waals surface area contributed by atoms with Crippen molar-refractivity contribution in [3.63, 3.8) is 0 Å². The number of aliphatic hydroxyl groups excluding tert-OH is 1. The summed E-state index contributed by atoms with van der Waals surface area (Å²) in [5.74, 6) is -0.307. The molecule has 48 heavy (non-hydrogen) atoms. The minimum Gasteiger partial charge on any atom is -0.389 e. The zero-order valence-electron chi connectivity index (χ0n) is 28.0. The molecule has 0 fully saturated rings. The molecule has 0 aliphatic carbocycles. The van der Waals surface area contributed by atoms with Crippen molar-refractivity contribution < 1.29 is 14.7 Å². The summed E-state index contributed by atoms with van der Waals surface area (Å²) in [6.45, 7) is 6.77. The number of hydrogen-bond donors (Lipinski definition) is 2. The number of benzene rings is 2. The molecule has 0 radical (unpaired) electrons. The van der Waals surface area contributed by atoms with Crippen molar-refractivity contribution in [1.29, 1.82) is 0 Å². The Balaban J connectivity index is 1.42. The number of rotatable bonds is 13. The number of aliphatic hydroxyl groups is 1. The van der Waals surface area contributed by atoms with Crippen molar-refractivity contribution in [2.24, 2.45) is 0 Å². The van der Waals surface area contributed by atoms with Crippen LogP contribution >= 0.6 is 11.3 Å². The number of nitrogens with one attached hydrogen (secondary N) is 1. The van der Waals surface area contributed by atoms with E-state index < -0.39 is 12.1 Å². The molecule has 3 aromatic heterocycles. The largest absolute Gasteiger partial charge is 0.389 e. The maximum Gasteiger partial charge on any atom is 0.254 e. The molecule has 2 amide bonds. The van der Waals surface area contributed by atoms with Crippen LogP contribution in [0.3, 0.4) is 0 Å². The second-order valence-electron chi connectivity index (χ2n) is 12.4. The Kier molecular flexibility index (Phi) is 11.3. The van der Waals surface area contributed by atoms with Crippen molar-refractivity contribution in [3.8, 4) is 11.1 Å². The molecule has 0 spiro atoms. The number of aryl methyl sites for hydroxylation is 1. The molecule has 0 saturated carbocycles. The molecular formula is C38H42N6O3S. The number of pyridine rings is 2. The van der Waals surface area contributed by atoms with Gasteiger partial charge in [0, 0.05) is 67.0 Å². The molecule has 5 rings (SSSR count). The van der Waals surface area contributed by atoms with E-state index in [4.69, 9.17) is 0 Å². The summed E-state index contributed by atoms with van der Waals surface area (Å²) in [6.07, 6.45) is 6.51. The van der Waals surface area contributed by atoms with Gasteiger partial charge < -0.3 is 20.2 Å². The Labute approximate surface area is 286 Å².